The van der Waals surface area contributed by atoms with Crippen molar-refractivity contribution in [3.8, 4) is 5.75 Å². The molecule has 0 aliphatic heterocycles. The Kier molecular flexibility index (Phi) is 11.5. The van der Waals surface area contributed by atoms with Gasteiger partial charge in [-0.1, -0.05) is 60.1 Å². The lowest BCUT2D eigenvalue weighted by molar-refractivity contribution is -0.140. The molecule has 46 heavy (non-hydrogen) atoms. The van der Waals surface area contributed by atoms with Crippen molar-refractivity contribution in [1.29, 1.82) is 0 Å². The first kappa shape index (κ1) is 34.5. The number of halogens is 1. The van der Waals surface area contributed by atoms with Gasteiger partial charge >= 0.3 is 0 Å². The lowest BCUT2D eigenvalue weighted by atomic mass is 10.0. The van der Waals surface area contributed by atoms with E-state index in [1.165, 1.54) is 29.2 Å². The molecule has 2 amide bonds. The van der Waals surface area contributed by atoms with Gasteiger partial charge in [0.1, 0.15) is 18.3 Å². The lowest BCUT2D eigenvalue weighted by Crippen LogP contribution is -2.54. The smallest absolute Gasteiger partial charge is 0.264 e. The second-order valence-corrected chi connectivity index (χ2v) is 13.8. The van der Waals surface area contributed by atoms with Crippen LogP contribution in [0.1, 0.15) is 36.1 Å². The maximum Gasteiger partial charge on any atom is 0.264 e. The Bertz CT molecular complexity index is 1760. The van der Waals surface area contributed by atoms with Gasteiger partial charge in [0.05, 0.1) is 17.7 Å². The summed E-state index contributed by atoms with van der Waals surface area (Å²) in [4.78, 5) is 29.9. The number of amides is 2. The van der Waals surface area contributed by atoms with Gasteiger partial charge in [0.15, 0.2) is 0 Å². The van der Waals surface area contributed by atoms with Gasteiger partial charge in [-0.15, -0.1) is 0 Å². The quantitative estimate of drug-likeness (QED) is 0.181. The van der Waals surface area contributed by atoms with E-state index in [0.29, 0.717) is 16.5 Å². The van der Waals surface area contributed by atoms with Crippen molar-refractivity contribution in [2.45, 2.75) is 57.6 Å². The van der Waals surface area contributed by atoms with Crippen molar-refractivity contribution in [3.05, 3.63) is 124 Å². The molecule has 4 aromatic carbocycles. The minimum absolute atomic E-state index is 0.0133. The second-order valence-electron chi connectivity index (χ2n) is 11.5. The number of benzene rings is 4. The van der Waals surface area contributed by atoms with Gasteiger partial charge in [-0.25, -0.2) is 8.42 Å². The Morgan fingerprint density at radius 1 is 0.848 bits per heavy atom. The fraction of sp³-hybridized carbons (Fsp3) is 0.278. The number of rotatable bonds is 13. The Morgan fingerprint density at radius 2 is 1.52 bits per heavy atom. The van der Waals surface area contributed by atoms with Crippen LogP contribution in [0.3, 0.4) is 0 Å². The molecular weight excluding hydrogens is 622 g/mol. The molecule has 1 N–H and O–H groups in total. The van der Waals surface area contributed by atoms with Crippen LogP contribution in [0, 0.1) is 13.8 Å². The first-order chi connectivity index (χ1) is 21.9. The maximum absolute atomic E-state index is 14.6. The molecule has 4 aromatic rings. The largest absolute Gasteiger partial charge is 0.497 e. The number of hydrogen-bond acceptors (Lipinski definition) is 5. The lowest BCUT2D eigenvalue weighted by Gasteiger charge is -2.34. The number of ether oxygens (including phenoxy) is 1. The van der Waals surface area contributed by atoms with Crippen LogP contribution < -0.4 is 14.4 Å². The molecule has 0 spiro atoms. The van der Waals surface area contributed by atoms with E-state index in [0.717, 1.165) is 26.6 Å². The SMILES string of the molecule is COc1cccc(CN(C(=O)CN(c2ccc(C)c(C)c2)S(=O)(=O)c2ccc(Cl)cc2)[C@@H](Cc2ccccc2)C(=O)NC(C)C)c1. The van der Waals surface area contributed by atoms with Crippen molar-refractivity contribution in [3.63, 3.8) is 0 Å². The van der Waals surface area contributed by atoms with E-state index >= 15 is 0 Å². The summed E-state index contributed by atoms with van der Waals surface area (Å²) in [6.07, 6.45) is 0.225. The van der Waals surface area contributed by atoms with Crippen molar-refractivity contribution >= 4 is 39.1 Å². The number of nitrogens with zero attached hydrogens (tertiary/aromatic N) is 2. The van der Waals surface area contributed by atoms with Gasteiger partial charge in [0, 0.05) is 24.0 Å². The predicted molar refractivity (Wildman–Crippen MR) is 183 cm³/mol. The highest BCUT2D eigenvalue weighted by atomic mass is 35.5. The molecule has 0 bridgehead atoms. The fourth-order valence-corrected chi connectivity index (χ4v) is 6.58. The van der Waals surface area contributed by atoms with E-state index in [1.807, 2.05) is 76.2 Å². The molecule has 0 aromatic heterocycles. The van der Waals surface area contributed by atoms with E-state index in [2.05, 4.69) is 5.32 Å². The zero-order valence-electron chi connectivity index (χ0n) is 26.7. The second kappa shape index (κ2) is 15.3. The van der Waals surface area contributed by atoms with E-state index in [9.17, 15) is 18.0 Å². The van der Waals surface area contributed by atoms with Crippen molar-refractivity contribution in [2.24, 2.45) is 0 Å². The average molecular weight is 662 g/mol. The summed E-state index contributed by atoms with van der Waals surface area (Å²) in [5.41, 5.74) is 3.76. The molecule has 8 nitrogen and oxygen atoms in total. The third-order valence-electron chi connectivity index (χ3n) is 7.65. The summed E-state index contributed by atoms with van der Waals surface area (Å²) in [7, 11) is -2.67. The van der Waals surface area contributed by atoms with Crippen LogP contribution in [0.4, 0.5) is 5.69 Å². The van der Waals surface area contributed by atoms with Gasteiger partial charge in [-0.05, 0) is 98.5 Å². The number of methoxy groups -OCH3 is 1. The van der Waals surface area contributed by atoms with Crippen LogP contribution in [0.15, 0.2) is 102 Å². The minimum Gasteiger partial charge on any atom is -0.497 e. The van der Waals surface area contributed by atoms with Crippen molar-refractivity contribution in [2.75, 3.05) is 18.0 Å². The number of anilines is 1. The molecule has 10 heteroatoms. The molecule has 4 rings (SSSR count). The molecule has 0 fully saturated rings. The van der Waals surface area contributed by atoms with Gasteiger partial charge in [0.25, 0.3) is 10.0 Å². The first-order valence-electron chi connectivity index (χ1n) is 15.0. The van der Waals surface area contributed by atoms with Crippen molar-refractivity contribution in [1.82, 2.24) is 10.2 Å². The molecule has 0 heterocycles. The van der Waals surface area contributed by atoms with E-state index in [-0.39, 0.29) is 29.8 Å². The van der Waals surface area contributed by atoms with Gasteiger partial charge < -0.3 is 15.0 Å². The summed E-state index contributed by atoms with van der Waals surface area (Å²) in [6, 6.07) is 26.6. The van der Waals surface area contributed by atoms with Crippen LogP contribution in [-0.2, 0) is 32.6 Å². The standard InChI is InChI=1S/C36H40ClN3O5S/c1-25(2)38-36(42)34(22-28-10-7-6-8-11-28)39(23-29-12-9-13-32(21-29)45-5)35(41)24-40(31-17-14-26(3)27(4)20-31)46(43,44)33-18-15-30(37)16-19-33/h6-21,25,34H,22-24H2,1-5H3,(H,38,42)/t34-/m0/s1. The van der Waals surface area contributed by atoms with E-state index in [1.54, 1.807) is 31.4 Å². The maximum atomic E-state index is 14.6. The first-order valence-corrected chi connectivity index (χ1v) is 16.8. The zero-order valence-corrected chi connectivity index (χ0v) is 28.3. The monoisotopic (exact) mass is 661 g/mol. The number of hydrogen-bond donors (Lipinski definition) is 1. The number of aryl methyl sites for hydroxylation is 2. The number of carbonyl (C=O) groups is 2. The topological polar surface area (TPSA) is 96.0 Å². The highest BCUT2D eigenvalue weighted by Crippen LogP contribution is 2.28. The van der Waals surface area contributed by atoms with Crippen LogP contribution in [-0.4, -0.2) is 50.9 Å². The molecule has 0 radical (unpaired) electrons. The van der Waals surface area contributed by atoms with Gasteiger partial charge in [0.2, 0.25) is 11.8 Å². The van der Waals surface area contributed by atoms with E-state index < -0.39 is 28.5 Å². The Morgan fingerprint density at radius 3 is 2.15 bits per heavy atom. The Labute approximate surface area is 277 Å². The third-order valence-corrected chi connectivity index (χ3v) is 9.69. The number of nitrogens with one attached hydrogen (secondary N) is 1. The highest BCUT2D eigenvalue weighted by Gasteiger charge is 2.35. The zero-order chi connectivity index (χ0) is 33.4. The summed E-state index contributed by atoms with van der Waals surface area (Å²) < 4.78 is 34.9. The normalized spacial score (nSPS) is 12.0. The van der Waals surface area contributed by atoms with Crippen molar-refractivity contribution < 1.29 is 22.7 Å². The molecule has 242 valence electrons. The summed E-state index contributed by atoms with van der Waals surface area (Å²) >= 11 is 6.07. The average Bonchev–Trinajstić information content (AvgIpc) is 3.03. The van der Waals surface area contributed by atoms with Crippen LogP contribution in [0.5, 0.6) is 5.75 Å². The van der Waals surface area contributed by atoms with E-state index in [4.69, 9.17) is 16.3 Å². The highest BCUT2D eigenvalue weighted by molar-refractivity contribution is 7.92. The molecule has 1 atom stereocenters. The fourth-order valence-electron chi connectivity index (χ4n) is 5.05. The molecule has 0 saturated heterocycles. The van der Waals surface area contributed by atoms with Gasteiger partial charge in [-0.2, -0.15) is 0 Å². The number of carbonyl (C=O) groups excluding carboxylic acids is 2. The Balaban J connectivity index is 1.83. The van der Waals surface area contributed by atoms with Crippen LogP contribution in [0.2, 0.25) is 5.02 Å². The van der Waals surface area contributed by atoms with Crippen LogP contribution in [0.25, 0.3) is 0 Å². The molecule has 0 saturated carbocycles. The molecule has 0 aliphatic rings. The predicted octanol–water partition coefficient (Wildman–Crippen LogP) is 6.33. The Hall–Kier alpha value is -4.34. The minimum atomic E-state index is -4.23. The van der Waals surface area contributed by atoms with Crippen LogP contribution >= 0.6 is 11.6 Å². The molecule has 0 aliphatic carbocycles. The number of sulfonamides is 1. The molecule has 0 unspecified atom stereocenters. The summed E-state index contributed by atoms with van der Waals surface area (Å²) in [5, 5.41) is 3.35. The summed E-state index contributed by atoms with van der Waals surface area (Å²) in [6.45, 7) is 7.02. The summed E-state index contributed by atoms with van der Waals surface area (Å²) in [5.74, 6) is -0.287. The van der Waals surface area contributed by atoms with Gasteiger partial charge in [-0.3, -0.25) is 13.9 Å². The third kappa shape index (κ3) is 8.68. The molecular formula is C36H40ClN3O5S.